The van der Waals surface area contributed by atoms with Crippen LogP contribution in [0.25, 0.3) is 0 Å². The van der Waals surface area contributed by atoms with Crippen LogP contribution >= 0.6 is 12.2 Å². The standard InChI is InChI=1S/C15H23N3OS/c1-9-8-11(6-7-12(9)13(16)20)17-10(2)14(19)18-15(3,4)5/h6-8,10,17H,1-5H3,(H2,16,20)(H,18,19). The molecule has 0 bridgehead atoms. The molecule has 0 spiro atoms. The summed E-state index contributed by atoms with van der Waals surface area (Å²) in [5.74, 6) is -0.0337. The van der Waals surface area contributed by atoms with Crippen LogP contribution in [0.4, 0.5) is 5.69 Å². The molecule has 0 fully saturated rings. The van der Waals surface area contributed by atoms with Gasteiger partial charge in [0.1, 0.15) is 11.0 Å². The maximum atomic E-state index is 12.0. The van der Waals surface area contributed by atoms with Crippen LogP contribution in [0.5, 0.6) is 0 Å². The minimum atomic E-state index is -0.315. The van der Waals surface area contributed by atoms with Gasteiger partial charge in [0, 0.05) is 16.8 Å². The first-order valence-electron chi connectivity index (χ1n) is 6.59. The number of carbonyl (C=O) groups excluding carboxylic acids is 1. The average molecular weight is 293 g/mol. The van der Waals surface area contributed by atoms with Gasteiger partial charge in [0.2, 0.25) is 5.91 Å². The highest BCUT2D eigenvalue weighted by Gasteiger charge is 2.19. The van der Waals surface area contributed by atoms with E-state index < -0.39 is 0 Å². The van der Waals surface area contributed by atoms with Crippen LogP contribution < -0.4 is 16.4 Å². The molecule has 4 nitrogen and oxygen atoms in total. The van der Waals surface area contributed by atoms with Gasteiger partial charge in [-0.25, -0.2) is 0 Å². The minimum absolute atomic E-state index is 0.0337. The van der Waals surface area contributed by atoms with Gasteiger partial charge in [0.25, 0.3) is 0 Å². The van der Waals surface area contributed by atoms with Gasteiger partial charge in [-0.3, -0.25) is 4.79 Å². The number of aryl methyl sites for hydroxylation is 1. The second-order valence-corrected chi connectivity index (χ2v) is 6.44. The number of thiocarbonyl (C=S) groups is 1. The smallest absolute Gasteiger partial charge is 0.242 e. The minimum Gasteiger partial charge on any atom is -0.389 e. The Hall–Kier alpha value is -1.62. The Balaban J connectivity index is 2.76. The fourth-order valence-electron chi connectivity index (χ4n) is 1.82. The molecule has 4 N–H and O–H groups in total. The number of benzene rings is 1. The number of hydrogen-bond acceptors (Lipinski definition) is 3. The molecule has 1 aromatic carbocycles. The summed E-state index contributed by atoms with van der Waals surface area (Å²) in [6.45, 7) is 9.65. The Bertz CT molecular complexity index is 520. The number of amides is 1. The average Bonchev–Trinajstić information content (AvgIpc) is 2.26. The summed E-state index contributed by atoms with van der Waals surface area (Å²) in [6, 6.07) is 5.37. The predicted molar refractivity (Wildman–Crippen MR) is 88.0 cm³/mol. The van der Waals surface area contributed by atoms with Crippen molar-refractivity contribution >= 4 is 28.8 Å². The van der Waals surface area contributed by atoms with Crippen LogP contribution in [0.3, 0.4) is 0 Å². The van der Waals surface area contributed by atoms with Crippen molar-refractivity contribution in [3.8, 4) is 0 Å². The Labute approximate surface area is 126 Å². The molecule has 0 aliphatic carbocycles. The zero-order valence-corrected chi connectivity index (χ0v) is 13.5. The highest BCUT2D eigenvalue weighted by atomic mass is 32.1. The summed E-state index contributed by atoms with van der Waals surface area (Å²) in [5.41, 5.74) is 8.12. The van der Waals surface area contributed by atoms with Gasteiger partial charge in [0.15, 0.2) is 0 Å². The second kappa shape index (κ2) is 6.22. The van der Waals surface area contributed by atoms with E-state index in [9.17, 15) is 4.79 Å². The number of carbonyl (C=O) groups is 1. The first-order chi connectivity index (χ1) is 9.10. The predicted octanol–water partition coefficient (Wildman–Crippen LogP) is 2.34. The van der Waals surface area contributed by atoms with E-state index in [1.54, 1.807) is 0 Å². The van der Waals surface area contributed by atoms with Crippen LogP contribution in [0, 0.1) is 6.92 Å². The van der Waals surface area contributed by atoms with E-state index in [0.717, 1.165) is 16.8 Å². The second-order valence-electron chi connectivity index (χ2n) is 6.00. The molecule has 1 unspecified atom stereocenters. The van der Waals surface area contributed by atoms with Crippen LogP contribution in [-0.2, 0) is 4.79 Å². The highest BCUT2D eigenvalue weighted by Crippen LogP contribution is 2.16. The van der Waals surface area contributed by atoms with Gasteiger partial charge in [-0.1, -0.05) is 12.2 Å². The van der Waals surface area contributed by atoms with E-state index in [4.69, 9.17) is 18.0 Å². The summed E-state index contributed by atoms with van der Waals surface area (Å²) in [5, 5.41) is 6.12. The van der Waals surface area contributed by atoms with Crippen LogP contribution in [0.15, 0.2) is 18.2 Å². The summed E-state index contributed by atoms with van der Waals surface area (Å²) in [7, 11) is 0. The van der Waals surface area contributed by atoms with Crippen molar-refractivity contribution in [1.29, 1.82) is 0 Å². The molecule has 110 valence electrons. The molecular weight excluding hydrogens is 270 g/mol. The van der Waals surface area contributed by atoms with Crippen molar-refractivity contribution < 1.29 is 4.79 Å². The van der Waals surface area contributed by atoms with Gasteiger partial charge in [-0.15, -0.1) is 0 Å². The van der Waals surface area contributed by atoms with Crippen molar-refractivity contribution in [2.24, 2.45) is 5.73 Å². The Morgan fingerprint density at radius 3 is 2.40 bits per heavy atom. The molecule has 1 rings (SSSR count). The number of rotatable bonds is 4. The number of nitrogens with one attached hydrogen (secondary N) is 2. The molecule has 20 heavy (non-hydrogen) atoms. The molecule has 5 heteroatoms. The topological polar surface area (TPSA) is 67.2 Å². The first-order valence-corrected chi connectivity index (χ1v) is 7.00. The number of anilines is 1. The highest BCUT2D eigenvalue weighted by molar-refractivity contribution is 7.80. The van der Waals surface area contributed by atoms with Crippen LogP contribution in [0.2, 0.25) is 0 Å². The summed E-state index contributed by atoms with van der Waals surface area (Å²) < 4.78 is 0. The third kappa shape index (κ3) is 4.81. The fraction of sp³-hybridized carbons (Fsp3) is 0.467. The van der Waals surface area contributed by atoms with Crippen molar-refractivity contribution in [3.63, 3.8) is 0 Å². The molecule has 1 amide bonds. The molecule has 1 atom stereocenters. The van der Waals surface area contributed by atoms with Crippen molar-refractivity contribution in [3.05, 3.63) is 29.3 Å². The van der Waals surface area contributed by atoms with E-state index in [0.29, 0.717) is 4.99 Å². The summed E-state index contributed by atoms with van der Waals surface area (Å²) in [4.78, 5) is 12.4. The zero-order chi connectivity index (χ0) is 15.5. The van der Waals surface area contributed by atoms with E-state index in [2.05, 4.69) is 10.6 Å². The van der Waals surface area contributed by atoms with Gasteiger partial charge < -0.3 is 16.4 Å². The van der Waals surface area contributed by atoms with Gasteiger partial charge >= 0.3 is 0 Å². The van der Waals surface area contributed by atoms with Crippen molar-refractivity contribution in [2.75, 3.05) is 5.32 Å². The van der Waals surface area contributed by atoms with Gasteiger partial charge in [-0.2, -0.15) is 0 Å². The Morgan fingerprint density at radius 2 is 1.95 bits per heavy atom. The summed E-state index contributed by atoms with van der Waals surface area (Å²) in [6.07, 6.45) is 0. The van der Waals surface area contributed by atoms with Gasteiger partial charge in [-0.05, 0) is 58.4 Å². The van der Waals surface area contributed by atoms with E-state index in [-0.39, 0.29) is 17.5 Å². The fourth-order valence-corrected chi connectivity index (χ4v) is 2.05. The molecule has 0 aromatic heterocycles. The molecule has 0 saturated carbocycles. The molecule has 0 heterocycles. The number of hydrogen-bond donors (Lipinski definition) is 3. The zero-order valence-electron chi connectivity index (χ0n) is 12.7. The maximum Gasteiger partial charge on any atom is 0.242 e. The monoisotopic (exact) mass is 293 g/mol. The lowest BCUT2D eigenvalue weighted by Gasteiger charge is -2.24. The normalized spacial score (nSPS) is 12.7. The maximum absolute atomic E-state index is 12.0. The molecule has 1 aromatic rings. The molecule has 0 radical (unpaired) electrons. The Morgan fingerprint density at radius 1 is 1.35 bits per heavy atom. The lowest BCUT2D eigenvalue weighted by molar-refractivity contribution is -0.122. The molecule has 0 aliphatic heterocycles. The van der Waals surface area contributed by atoms with E-state index in [1.807, 2.05) is 52.8 Å². The third-order valence-electron chi connectivity index (χ3n) is 2.77. The molecule has 0 saturated heterocycles. The van der Waals surface area contributed by atoms with Crippen molar-refractivity contribution in [2.45, 2.75) is 46.2 Å². The van der Waals surface area contributed by atoms with E-state index >= 15 is 0 Å². The van der Waals surface area contributed by atoms with Gasteiger partial charge in [0.05, 0.1) is 0 Å². The molecular formula is C15H23N3OS. The van der Waals surface area contributed by atoms with Crippen LogP contribution in [0.1, 0.15) is 38.8 Å². The SMILES string of the molecule is Cc1cc(NC(C)C(=O)NC(C)(C)C)ccc1C(N)=S. The largest absolute Gasteiger partial charge is 0.389 e. The molecule has 0 aliphatic rings. The van der Waals surface area contributed by atoms with E-state index in [1.165, 1.54) is 0 Å². The first kappa shape index (κ1) is 16.4. The van der Waals surface area contributed by atoms with Crippen LogP contribution in [-0.4, -0.2) is 22.5 Å². The lowest BCUT2D eigenvalue weighted by Crippen LogP contribution is -2.47. The third-order valence-corrected chi connectivity index (χ3v) is 2.99. The lowest BCUT2D eigenvalue weighted by atomic mass is 10.1. The quantitative estimate of drug-likeness (QED) is 0.746. The summed E-state index contributed by atoms with van der Waals surface area (Å²) >= 11 is 4.98. The van der Waals surface area contributed by atoms with Crippen molar-refractivity contribution in [1.82, 2.24) is 5.32 Å². The number of nitrogens with two attached hydrogens (primary N) is 1. The Kier molecular flexibility index (Phi) is 5.11.